The van der Waals surface area contributed by atoms with Gasteiger partial charge in [0.05, 0.1) is 6.54 Å². The Hall–Kier alpha value is -2.69. The molecule has 0 radical (unpaired) electrons. The second kappa shape index (κ2) is 4.70. The monoisotopic (exact) mass is 277 g/mol. The van der Waals surface area contributed by atoms with Crippen molar-refractivity contribution in [3.05, 3.63) is 59.7 Å². The number of nitrogens with two attached hydrogens (primary N) is 1. The van der Waals surface area contributed by atoms with Crippen molar-refractivity contribution in [2.75, 3.05) is 5.73 Å². The topological polar surface area (TPSA) is 69.6 Å². The maximum atomic E-state index is 6.03. The summed E-state index contributed by atoms with van der Waals surface area (Å²) in [6.07, 6.45) is 1.08. The summed E-state index contributed by atoms with van der Waals surface area (Å²) in [7, 11) is 0. The lowest BCUT2D eigenvalue weighted by molar-refractivity contribution is 0.469. The molecule has 1 aliphatic rings. The molecule has 0 bridgehead atoms. The first kappa shape index (κ1) is 12.1. The van der Waals surface area contributed by atoms with Crippen LogP contribution >= 0.6 is 0 Å². The van der Waals surface area contributed by atoms with Gasteiger partial charge in [-0.05, 0) is 40.1 Å². The van der Waals surface area contributed by atoms with Crippen molar-refractivity contribution in [2.45, 2.75) is 18.9 Å². The lowest BCUT2D eigenvalue weighted by Crippen LogP contribution is -2.23. The van der Waals surface area contributed by atoms with Crippen molar-refractivity contribution in [3.8, 4) is 11.4 Å². The lowest BCUT2D eigenvalue weighted by atomic mass is 9.77. The van der Waals surface area contributed by atoms with Gasteiger partial charge in [0.15, 0.2) is 5.82 Å². The third-order valence-corrected chi connectivity index (χ3v) is 4.09. The Morgan fingerprint density at radius 3 is 2.76 bits per heavy atom. The van der Waals surface area contributed by atoms with Crippen LogP contribution in [0.3, 0.4) is 0 Å². The van der Waals surface area contributed by atoms with E-state index < -0.39 is 0 Å². The molecule has 0 aliphatic heterocycles. The summed E-state index contributed by atoms with van der Waals surface area (Å²) in [6, 6.07) is 16.2. The molecular formula is C16H15N5. The van der Waals surface area contributed by atoms with Gasteiger partial charge in [0.1, 0.15) is 0 Å². The zero-order chi connectivity index (χ0) is 14.2. The Labute approximate surface area is 122 Å². The maximum absolute atomic E-state index is 6.03. The van der Waals surface area contributed by atoms with Crippen LogP contribution in [-0.2, 0) is 13.0 Å². The van der Waals surface area contributed by atoms with E-state index in [1.54, 1.807) is 0 Å². The van der Waals surface area contributed by atoms with Gasteiger partial charge in [-0.2, -0.15) is 0 Å². The fourth-order valence-electron chi connectivity index (χ4n) is 2.96. The van der Waals surface area contributed by atoms with Crippen molar-refractivity contribution in [2.24, 2.45) is 0 Å². The minimum Gasteiger partial charge on any atom is -0.398 e. The molecule has 1 atom stereocenters. The molecule has 1 aromatic heterocycles. The van der Waals surface area contributed by atoms with E-state index in [4.69, 9.17) is 5.73 Å². The van der Waals surface area contributed by atoms with Crippen LogP contribution < -0.4 is 5.73 Å². The van der Waals surface area contributed by atoms with E-state index in [0.29, 0.717) is 11.6 Å². The highest BCUT2D eigenvalue weighted by Crippen LogP contribution is 2.36. The highest BCUT2D eigenvalue weighted by molar-refractivity contribution is 5.71. The molecule has 1 aliphatic carbocycles. The number of hydrogen-bond donors (Lipinski definition) is 1. The van der Waals surface area contributed by atoms with E-state index in [1.165, 1.54) is 11.1 Å². The van der Waals surface area contributed by atoms with Gasteiger partial charge in [0, 0.05) is 17.2 Å². The molecule has 21 heavy (non-hydrogen) atoms. The molecular weight excluding hydrogens is 262 g/mol. The van der Waals surface area contributed by atoms with Crippen molar-refractivity contribution in [1.82, 2.24) is 20.2 Å². The minimum atomic E-state index is 0.480. The molecule has 0 saturated carbocycles. The molecule has 0 fully saturated rings. The first-order chi connectivity index (χ1) is 10.3. The predicted molar refractivity (Wildman–Crippen MR) is 80.6 cm³/mol. The normalized spacial score (nSPS) is 16.3. The number of aromatic nitrogens is 4. The number of nitrogens with zero attached hydrogens (tertiary/aromatic N) is 4. The Kier molecular flexibility index (Phi) is 2.70. The molecule has 0 saturated heterocycles. The Balaban J connectivity index is 1.64. The molecule has 0 spiro atoms. The van der Waals surface area contributed by atoms with E-state index in [9.17, 15) is 0 Å². The maximum Gasteiger partial charge on any atom is 0.184 e. The molecule has 3 aromatic rings. The number of tetrazole rings is 1. The minimum absolute atomic E-state index is 0.480. The third kappa shape index (κ3) is 1.98. The van der Waals surface area contributed by atoms with Crippen molar-refractivity contribution < 1.29 is 0 Å². The summed E-state index contributed by atoms with van der Waals surface area (Å²) in [4.78, 5) is 0. The molecule has 1 heterocycles. The number of para-hydroxylation sites is 1. The quantitative estimate of drug-likeness (QED) is 0.745. The summed E-state index contributed by atoms with van der Waals surface area (Å²) in [5.74, 6) is 1.21. The molecule has 2 aromatic carbocycles. The molecule has 0 amide bonds. The first-order valence-corrected chi connectivity index (χ1v) is 7.02. The van der Waals surface area contributed by atoms with Gasteiger partial charge in [-0.15, -0.1) is 5.10 Å². The summed E-state index contributed by atoms with van der Waals surface area (Å²) in [5, 5.41) is 12.1. The van der Waals surface area contributed by atoms with Crippen molar-refractivity contribution in [3.63, 3.8) is 0 Å². The van der Waals surface area contributed by atoms with Crippen LogP contribution in [0.2, 0.25) is 0 Å². The van der Waals surface area contributed by atoms with Crippen LogP contribution in [0.15, 0.2) is 48.5 Å². The number of nitrogen functional groups attached to an aromatic ring is 1. The summed E-state index contributed by atoms with van der Waals surface area (Å²) >= 11 is 0. The third-order valence-electron chi connectivity index (χ3n) is 4.09. The van der Waals surface area contributed by atoms with Crippen LogP contribution in [0.4, 0.5) is 5.69 Å². The van der Waals surface area contributed by atoms with Gasteiger partial charge >= 0.3 is 0 Å². The average molecular weight is 277 g/mol. The molecule has 4 rings (SSSR count). The van der Waals surface area contributed by atoms with Crippen LogP contribution in [0.1, 0.15) is 17.0 Å². The van der Waals surface area contributed by atoms with Crippen LogP contribution in [0, 0.1) is 0 Å². The Morgan fingerprint density at radius 1 is 1.10 bits per heavy atom. The fourth-order valence-corrected chi connectivity index (χ4v) is 2.96. The second-order valence-corrected chi connectivity index (χ2v) is 5.37. The van der Waals surface area contributed by atoms with Gasteiger partial charge < -0.3 is 5.73 Å². The smallest absolute Gasteiger partial charge is 0.184 e. The van der Waals surface area contributed by atoms with Gasteiger partial charge in [0.2, 0.25) is 0 Å². The summed E-state index contributed by atoms with van der Waals surface area (Å²) in [5.41, 5.74) is 10.4. The molecule has 5 nitrogen and oxygen atoms in total. The van der Waals surface area contributed by atoms with Crippen LogP contribution in [0.25, 0.3) is 11.4 Å². The fraction of sp³-hybridized carbons (Fsp3) is 0.188. The Bertz CT molecular complexity index is 793. The summed E-state index contributed by atoms with van der Waals surface area (Å²) in [6.45, 7) is 0.785. The molecule has 104 valence electrons. The van der Waals surface area contributed by atoms with E-state index in [0.717, 1.165) is 24.4 Å². The van der Waals surface area contributed by atoms with E-state index in [-0.39, 0.29) is 0 Å². The largest absolute Gasteiger partial charge is 0.398 e. The highest BCUT2D eigenvalue weighted by Gasteiger charge is 2.27. The second-order valence-electron chi connectivity index (χ2n) is 5.37. The van der Waals surface area contributed by atoms with E-state index in [1.807, 2.05) is 28.9 Å². The first-order valence-electron chi connectivity index (χ1n) is 7.02. The SMILES string of the molecule is Nc1ccccc1-c1nnnn1CC1Cc2ccccc21. The number of hydrogen-bond acceptors (Lipinski definition) is 4. The number of fused-ring (bicyclic) bond motifs is 1. The van der Waals surface area contributed by atoms with E-state index in [2.05, 4.69) is 39.8 Å². The highest BCUT2D eigenvalue weighted by atomic mass is 15.5. The van der Waals surface area contributed by atoms with E-state index >= 15 is 0 Å². The Morgan fingerprint density at radius 2 is 1.90 bits per heavy atom. The molecule has 2 N–H and O–H groups in total. The van der Waals surface area contributed by atoms with Crippen molar-refractivity contribution in [1.29, 1.82) is 0 Å². The van der Waals surface area contributed by atoms with Crippen LogP contribution in [-0.4, -0.2) is 20.2 Å². The van der Waals surface area contributed by atoms with Gasteiger partial charge in [0.25, 0.3) is 0 Å². The van der Waals surface area contributed by atoms with Crippen LogP contribution in [0.5, 0.6) is 0 Å². The number of anilines is 1. The zero-order valence-electron chi connectivity index (χ0n) is 11.5. The van der Waals surface area contributed by atoms with Gasteiger partial charge in [-0.3, -0.25) is 0 Å². The lowest BCUT2D eigenvalue weighted by Gasteiger charge is -2.29. The zero-order valence-corrected chi connectivity index (χ0v) is 11.5. The number of rotatable bonds is 3. The molecule has 1 unspecified atom stereocenters. The molecule has 5 heteroatoms. The summed E-state index contributed by atoms with van der Waals surface area (Å²) < 4.78 is 1.85. The predicted octanol–water partition coefficient (Wildman–Crippen LogP) is 2.26. The standard InChI is InChI=1S/C16H15N5/c17-15-8-4-3-7-14(15)16-18-19-20-21(16)10-12-9-11-5-1-2-6-13(11)12/h1-8,12H,9-10,17H2. The van der Waals surface area contributed by atoms with Gasteiger partial charge in [-0.1, -0.05) is 36.4 Å². The number of benzene rings is 2. The van der Waals surface area contributed by atoms with Gasteiger partial charge in [-0.25, -0.2) is 4.68 Å². The van der Waals surface area contributed by atoms with Crippen molar-refractivity contribution >= 4 is 5.69 Å². The average Bonchev–Trinajstić information content (AvgIpc) is 2.93.